The van der Waals surface area contributed by atoms with E-state index in [1.807, 2.05) is 18.2 Å². The molecule has 120 valence electrons. The summed E-state index contributed by atoms with van der Waals surface area (Å²) in [7, 11) is 3.24. The van der Waals surface area contributed by atoms with Crippen molar-refractivity contribution < 1.29 is 9.47 Å². The zero-order chi connectivity index (χ0) is 16.4. The van der Waals surface area contributed by atoms with Crippen LogP contribution in [0.5, 0.6) is 11.5 Å². The lowest BCUT2D eigenvalue weighted by atomic mass is 10.2. The van der Waals surface area contributed by atoms with Crippen molar-refractivity contribution in [3.63, 3.8) is 0 Å². The summed E-state index contributed by atoms with van der Waals surface area (Å²) < 4.78 is 10.7. The first-order valence-corrected chi connectivity index (χ1v) is 8.29. The molecule has 0 saturated heterocycles. The topological polar surface area (TPSA) is 56.3 Å². The highest BCUT2D eigenvalue weighted by Crippen LogP contribution is 2.35. The van der Waals surface area contributed by atoms with E-state index in [2.05, 4.69) is 28.3 Å². The van der Waals surface area contributed by atoms with Gasteiger partial charge in [0.05, 0.1) is 25.3 Å². The fourth-order valence-corrected chi connectivity index (χ4v) is 3.44. The molecule has 1 aromatic carbocycles. The number of hydrogen-bond donors (Lipinski definition) is 1. The molecular weight excluding hydrogens is 334 g/mol. The van der Waals surface area contributed by atoms with E-state index in [0.717, 1.165) is 28.1 Å². The lowest BCUT2D eigenvalue weighted by molar-refractivity contribution is 0.405. The molecule has 7 heteroatoms. The first-order valence-electron chi connectivity index (χ1n) is 7.09. The van der Waals surface area contributed by atoms with Crippen molar-refractivity contribution in [1.82, 2.24) is 9.97 Å². The van der Waals surface area contributed by atoms with Crippen molar-refractivity contribution in [3.05, 3.63) is 34.4 Å². The molecule has 0 aliphatic carbocycles. The highest BCUT2D eigenvalue weighted by molar-refractivity contribution is 7.18. The highest BCUT2D eigenvalue weighted by Gasteiger charge is 2.13. The Hall–Kier alpha value is -2.05. The van der Waals surface area contributed by atoms with Gasteiger partial charge in [-0.3, -0.25) is 0 Å². The molecule has 2 heterocycles. The van der Waals surface area contributed by atoms with Crippen LogP contribution in [-0.4, -0.2) is 24.2 Å². The second kappa shape index (κ2) is 6.60. The van der Waals surface area contributed by atoms with Crippen LogP contribution in [-0.2, 0) is 6.42 Å². The van der Waals surface area contributed by atoms with Crippen LogP contribution in [0.3, 0.4) is 0 Å². The van der Waals surface area contributed by atoms with Crippen LogP contribution in [0.15, 0.2) is 24.3 Å². The van der Waals surface area contributed by atoms with Gasteiger partial charge in [0.2, 0.25) is 5.28 Å². The third-order valence-corrected chi connectivity index (χ3v) is 4.77. The fourth-order valence-electron chi connectivity index (χ4n) is 2.25. The van der Waals surface area contributed by atoms with Crippen LogP contribution < -0.4 is 14.8 Å². The van der Waals surface area contributed by atoms with Crippen molar-refractivity contribution in [1.29, 1.82) is 0 Å². The van der Waals surface area contributed by atoms with E-state index >= 15 is 0 Å². The largest absolute Gasteiger partial charge is 0.497 e. The monoisotopic (exact) mass is 349 g/mol. The van der Waals surface area contributed by atoms with Gasteiger partial charge in [-0.25, -0.2) is 4.98 Å². The maximum Gasteiger partial charge on any atom is 0.225 e. The third-order valence-electron chi connectivity index (χ3n) is 3.42. The molecule has 0 aliphatic heterocycles. The Morgan fingerprint density at radius 1 is 1.17 bits per heavy atom. The average Bonchev–Trinajstić information content (AvgIpc) is 2.98. The van der Waals surface area contributed by atoms with Crippen molar-refractivity contribution in [2.75, 3.05) is 19.5 Å². The van der Waals surface area contributed by atoms with E-state index in [-0.39, 0.29) is 5.28 Å². The van der Waals surface area contributed by atoms with E-state index in [1.54, 1.807) is 25.6 Å². The first kappa shape index (κ1) is 15.8. The summed E-state index contributed by atoms with van der Waals surface area (Å²) in [6.07, 6.45) is 0.945. The van der Waals surface area contributed by atoms with Crippen LogP contribution in [0, 0.1) is 0 Å². The third kappa shape index (κ3) is 3.18. The van der Waals surface area contributed by atoms with Crippen molar-refractivity contribution >= 4 is 44.7 Å². The highest BCUT2D eigenvalue weighted by atomic mass is 35.5. The number of thiophene rings is 1. The number of nitrogens with one attached hydrogen (secondary N) is 1. The number of aryl methyl sites for hydroxylation is 1. The number of anilines is 2. The second-order valence-corrected chi connectivity index (χ2v) is 6.27. The lowest BCUT2D eigenvalue weighted by Gasteiger charge is -2.12. The summed E-state index contributed by atoms with van der Waals surface area (Å²) >= 11 is 7.69. The quantitative estimate of drug-likeness (QED) is 0.678. The normalized spacial score (nSPS) is 10.8. The molecule has 0 radical (unpaired) electrons. The van der Waals surface area contributed by atoms with E-state index < -0.39 is 0 Å². The summed E-state index contributed by atoms with van der Waals surface area (Å²) in [6, 6.07) is 7.62. The molecule has 0 bridgehead atoms. The zero-order valence-electron chi connectivity index (χ0n) is 13.0. The van der Waals surface area contributed by atoms with Crippen LogP contribution in [0.2, 0.25) is 5.28 Å². The Labute approximate surface area is 143 Å². The molecule has 23 heavy (non-hydrogen) atoms. The Bertz CT molecular complexity index is 851. The summed E-state index contributed by atoms with van der Waals surface area (Å²) in [6.45, 7) is 2.11. The van der Waals surface area contributed by atoms with Crippen LogP contribution >= 0.6 is 22.9 Å². The minimum atomic E-state index is 0.214. The first-order chi connectivity index (χ1) is 11.1. The molecule has 0 unspecified atom stereocenters. The van der Waals surface area contributed by atoms with Gasteiger partial charge >= 0.3 is 0 Å². The molecular formula is C16H16ClN3O2S. The average molecular weight is 350 g/mol. The standard InChI is InChI=1S/C16H16ClN3O2S/c1-4-10-8-11-14(19-16(17)20-15(11)23-10)18-12-7-9(21-2)5-6-13(12)22-3/h5-8H,4H2,1-3H3,(H,18,19,20). The maximum atomic E-state index is 6.06. The predicted molar refractivity (Wildman–Crippen MR) is 94.6 cm³/mol. The molecule has 0 spiro atoms. The van der Waals surface area contributed by atoms with Gasteiger partial charge in [-0.05, 0) is 36.2 Å². The molecule has 1 N–H and O–H groups in total. The van der Waals surface area contributed by atoms with Crippen LogP contribution in [0.1, 0.15) is 11.8 Å². The molecule has 0 aliphatic rings. The number of fused-ring (bicyclic) bond motifs is 1. The number of methoxy groups -OCH3 is 2. The van der Waals surface area contributed by atoms with E-state index in [4.69, 9.17) is 21.1 Å². The Kier molecular flexibility index (Phi) is 4.54. The number of rotatable bonds is 5. The van der Waals surface area contributed by atoms with Gasteiger partial charge in [-0.2, -0.15) is 4.98 Å². The summed E-state index contributed by atoms with van der Waals surface area (Å²) in [5, 5.41) is 4.45. The Morgan fingerprint density at radius 3 is 2.70 bits per heavy atom. The van der Waals surface area contributed by atoms with E-state index in [9.17, 15) is 0 Å². The molecule has 0 amide bonds. The van der Waals surface area contributed by atoms with Crippen molar-refractivity contribution in [3.8, 4) is 11.5 Å². The van der Waals surface area contributed by atoms with Crippen LogP contribution in [0.4, 0.5) is 11.5 Å². The summed E-state index contributed by atoms with van der Waals surface area (Å²) in [5.41, 5.74) is 0.757. The minimum Gasteiger partial charge on any atom is -0.497 e. The number of nitrogens with zero attached hydrogens (tertiary/aromatic N) is 2. The minimum absolute atomic E-state index is 0.214. The van der Waals surface area contributed by atoms with Gasteiger partial charge in [0.1, 0.15) is 22.1 Å². The number of hydrogen-bond acceptors (Lipinski definition) is 6. The molecule has 0 atom stereocenters. The van der Waals surface area contributed by atoms with Gasteiger partial charge in [-0.15, -0.1) is 11.3 Å². The maximum absolute atomic E-state index is 6.06. The lowest BCUT2D eigenvalue weighted by Crippen LogP contribution is -1.99. The smallest absolute Gasteiger partial charge is 0.225 e. The Morgan fingerprint density at radius 2 is 2.00 bits per heavy atom. The number of aromatic nitrogens is 2. The van der Waals surface area contributed by atoms with Crippen LogP contribution in [0.25, 0.3) is 10.2 Å². The van der Waals surface area contributed by atoms with E-state index in [0.29, 0.717) is 11.6 Å². The summed E-state index contributed by atoms with van der Waals surface area (Å²) in [4.78, 5) is 10.7. The van der Waals surface area contributed by atoms with Gasteiger partial charge in [-0.1, -0.05) is 6.92 Å². The molecule has 5 nitrogen and oxygen atoms in total. The van der Waals surface area contributed by atoms with Crippen molar-refractivity contribution in [2.24, 2.45) is 0 Å². The molecule has 0 saturated carbocycles. The molecule has 3 rings (SSSR count). The van der Waals surface area contributed by atoms with E-state index in [1.165, 1.54) is 4.88 Å². The Balaban J connectivity index is 2.09. The van der Waals surface area contributed by atoms with Gasteiger partial charge in [0.15, 0.2) is 0 Å². The zero-order valence-corrected chi connectivity index (χ0v) is 14.6. The number of ether oxygens (including phenoxy) is 2. The molecule has 3 aromatic rings. The fraction of sp³-hybridized carbons (Fsp3) is 0.250. The molecule has 0 fully saturated rings. The van der Waals surface area contributed by atoms with Crippen molar-refractivity contribution in [2.45, 2.75) is 13.3 Å². The second-order valence-electron chi connectivity index (χ2n) is 4.82. The number of benzene rings is 1. The summed E-state index contributed by atoms with van der Waals surface area (Å²) in [5.74, 6) is 2.08. The number of halogens is 1. The SMILES string of the molecule is CCc1cc2c(Nc3cc(OC)ccc3OC)nc(Cl)nc2s1. The molecule has 2 aromatic heterocycles. The predicted octanol–water partition coefficient (Wildman–Crippen LogP) is 4.67. The van der Waals surface area contributed by atoms with Gasteiger partial charge in [0, 0.05) is 10.9 Å². The van der Waals surface area contributed by atoms with Gasteiger partial charge < -0.3 is 14.8 Å². The van der Waals surface area contributed by atoms with Gasteiger partial charge in [0.25, 0.3) is 0 Å².